The van der Waals surface area contributed by atoms with Crippen molar-refractivity contribution >= 4 is 16.9 Å². The smallest absolute Gasteiger partial charge is 0.224 e. The monoisotopic (exact) mass is 330 g/mol. The number of nitrogens with one attached hydrogen (secondary N) is 1. The highest BCUT2D eigenvalue weighted by atomic mass is 16.5. The molecule has 1 aliphatic rings. The van der Waals surface area contributed by atoms with Gasteiger partial charge in [-0.2, -0.15) is 0 Å². The average molecular weight is 330 g/mol. The summed E-state index contributed by atoms with van der Waals surface area (Å²) >= 11 is 0. The highest BCUT2D eigenvalue weighted by molar-refractivity contribution is 5.90. The summed E-state index contributed by atoms with van der Waals surface area (Å²) in [5.41, 5.74) is 4.11. The largest absolute Gasteiger partial charge is 0.464 e. The number of fused-ring (bicyclic) bond motifs is 1. The van der Waals surface area contributed by atoms with Crippen LogP contribution in [-0.2, 0) is 16.0 Å². The van der Waals surface area contributed by atoms with E-state index in [2.05, 4.69) is 23.2 Å². The van der Waals surface area contributed by atoms with E-state index in [0.29, 0.717) is 13.0 Å². The molecule has 1 aromatic carbocycles. The number of ether oxygens (including phenoxy) is 1. The second-order valence-corrected chi connectivity index (χ2v) is 6.78. The minimum atomic E-state index is 0.0164. The number of hydrogen-bond donors (Lipinski definition) is 1. The summed E-state index contributed by atoms with van der Waals surface area (Å²) in [5, 5.41) is 4.19. The number of likely N-dealkylation sites (tertiary alicyclic amines) is 1. The molecule has 1 amide bonds. The molecular formula is C19H26N2O3. The third kappa shape index (κ3) is 3.47. The zero-order valence-electron chi connectivity index (χ0n) is 14.9. The number of furan rings is 1. The van der Waals surface area contributed by atoms with Crippen molar-refractivity contribution in [3.05, 3.63) is 35.1 Å². The summed E-state index contributed by atoms with van der Waals surface area (Å²) in [6.07, 6.45) is 2.10. The van der Waals surface area contributed by atoms with Crippen LogP contribution < -0.4 is 5.32 Å². The topological polar surface area (TPSA) is 54.7 Å². The fraction of sp³-hybridized carbons (Fsp3) is 0.526. The predicted molar refractivity (Wildman–Crippen MR) is 94.2 cm³/mol. The molecule has 0 saturated carbocycles. The lowest BCUT2D eigenvalue weighted by molar-refractivity contribution is -0.121. The molecule has 3 rings (SSSR count). The molecule has 2 aromatic rings. The minimum Gasteiger partial charge on any atom is -0.464 e. The average Bonchev–Trinajstić information content (AvgIpc) is 3.03. The van der Waals surface area contributed by atoms with Gasteiger partial charge in [0, 0.05) is 30.6 Å². The number of carbonyl (C=O) groups is 1. The van der Waals surface area contributed by atoms with Crippen LogP contribution in [0, 0.1) is 13.8 Å². The van der Waals surface area contributed by atoms with Gasteiger partial charge in [0.2, 0.25) is 5.91 Å². The van der Waals surface area contributed by atoms with Gasteiger partial charge >= 0.3 is 0 Å². The van der Waals surface area contributed by atoms with Gasteiger partial charge in [-0.15, -0.1) is 0 Å². The molecule has 1 saturated heterocycles. The molecule has 5 heteroatoms. The van der Waals surface area contributed by atoms with Crippen LogP contribution in [0.4, 0.5) is 0 Å². The lowest BCUT2D eigenvalue weighted by Crippen LogP contribution is -2.44. The minimum absolute atomic E-state index is 0.0164. The molecule has 0 bridgehead atoms. The maximum Gasteiger partial charge on any atom is 0.224 e. The molecule has 2 atom stereocenters. The van der Waals surface area contributed by atoms with E-state index in [4.69, 9.17) is 9.15 Å². The highest BCUT2D eigenvalue weighted by Crippen LogP contribution is 2.26. The Hall–Kier alpha value is -1.85. The van der Waals surface area contributed by atoms with Gasteiger partial charge in [-0.25, -0.2) is 0 Å². The number of hydrogen-bond acceptors (Lipinski definition) is 4. The van der Waals surface area contributed by atoms with Gasteiger partial charge in [0.25, 0.3) is 0 Å². The number of carbonyl (C=O) groups excluding carboxylic acids is 1. The van der Waals surface area contributed by atoms with Crippen LogP contribution in [0.15, 0.2) is 22.8 Å². The van der Waals surface area contributed by atoms with Crippen LogP contribution in [0.1, 0.15) is 23.6 Å². The van der Waals surface area contributed by atoms with Crippen molar-refractivity contribution in [2.24, 2.45) is 0 Å². The standard InChI is InChI=1S/C19H26N2O3/c1-5-23-17-10-21(4)9-15(17)20-18(22)8-14-11-24-16-7-12(2)6-13(3)19(14)16/h6-7,11,15,17H,5,8-10H2,1-4H3,(H,20,22)/t15-,17-/m0/s1. The Morgan fingerprint density at radius 2 is 2.17 bits per heavy atom. The molecule has 5 nitrogen and oxygen atoms in total. The van der Waals surface area contributed by atoms with Crippen molar-refractivity contribution in [3.63, 3.8) is 0 Å². The molecule has 24 heavy (non-hydrogen) atoms. The van der Waals surface area contributed by atoms with Gasteiger partial charge in [0.15, 0.2) is 0 Å². The summed E-state index contributed by atoms with van der Waals surface area (Å²) in [4.78, 5) is 14.7. The molecule has 1 fully saturated rings. The zero-order valence-corrected chi connectivity index (χ0v) is 14.9. The number of benzene rings is 1. The number of amides is 1. The second-order valence-electron chi connectivity index (χ2n) is 6.78. The van der Waals surface area contributed by atoms with E-state index in [9.17, 15) is 4.79 Å². The van der Waals surface area contributed by atoms with Gasteiger partial charge < -0.3 is 19.4 Å². The summed E-state index contributed by atoms with van der Waals surface area (Å²) in [5.74, 6) is 0.0164. The Bertz CT molecular complexity index is 738. The van der Waals surface area contributed by atoms with E-state index in [1.165, 1.54) is 5.56 Å². The Balaban J connectivity index is 1.71. The molecule has 0 aliphatic carbocycles. The van der Waals surface area contributed by atoms with Crippen molar-refractivity contribution in [2.45, 2.75) is 39.3 Å². The summed E-state index contributed by atoms with van der Waals surface area (Å²) in [6.45, 7) is 8.43. The van der Waals surface area contributed by atoms with Gasteiger partial charge in [0.1, 0.15) is 5.58 Å². The lowest BCUT2D eigenvalue weighted by Gasteiger charge is -2.19. The molecule has 2 heterocycles. The molecule has 130 valence electrons. The van der Waals surface area contributed by atoms with Crippen LogP contribution in [0.25, 0.3) is 11.0 Å². The normalized spacial score (nSPS) is 21.5. The fourth-order valence-corrected chi connectivity index (χ4v) is 3.67. The van der Waals surface area contributed by atoms with Crippen LogP contribution in [-0.4, -0.2) is 49.7 Å². The third-order valence-electron chi connectivity index (χ3n) is 4.62. The summed E-state index contributed by atoms with van der Waals surface area (Å²) in [7, 11) is 2.05. The molecule has 1 N–H and O–H groups in total. The van der Waals surface area contributed by atoms with E-state index < -0.39 is 0 Å². The van der Waals surface area contributed by atoms with Gasteiger partial charge in [-0.3, -0.25) is 4.79 Å². The maximum atomic E-state index is 12.5. The van der Waals surface area contributed by atoms with Crippen LogP contribution in [0.3, 0.4) is 0 Å². The van der Waals surface area contributed by atoms with Crippen LogP contribution in [0.5, 0.6) is 0 Å². The van der Waals surface area contributed by atoms with Crippen molar-refractivity contribution in [1.82, 2.24) is 10.2 Å². The number of nitrogens with zero attached hydrogens (tertiary/aromatic N) is 1. The molecular weight excluding hydrogens is 304 g/mol. The number of rotatable bonds is 5. The van der Waals surface area contributed by atoms with Crippen LogP contribution in [0.2, 0.25) is 0 Å². The first-order valence-corrected chi connectivity index (χ1v) is 8.54. The number of aryl methyl sites for hydroxylation is 2. The van der Waals surface area contributed by atoms with Crippen molar-refractivity contribution in [3.8, 4) is 0 Å². The molecule has 0 spiro atoms. The Morgan fingerprint density at radius 3 is 2.92 bits per heavy atom. The first-order valence-electron chi connectivity index (χ1n) is 8.54. The predicted octanol–water partition coefficient (Wildman–Crippen LogP) is 2.43. The molecule has 0 unspecified atom stereocenters. The molecule has 0 radical (unpaired) electrons. The van der Waals surface area contributed by atoms with E-state index in [0.717, 1.165) is 35.2 Å². The van der Waals surface area contributed by atoms with Crippen molar-refractivity contribution in [2.75, 3.05) is 26.7 Å². The van der Waals surface area contributed by atoms with Crippen molar-refractivity contribution in [1.29, 1.82) is 0 Å². The van der Waals surface area contributed by atoms with E-state index in [1.807, 2.05) is 27.0 Å². The Kier molecular flexibility index (Phi) is 4.92. The number of likely N-dealkylation sites (N-methyl/N-ethyl adjacent to an activating group) is 1. The first kappa shape index (κ1) is 17.0. The quantitative estimate of drug-likeness (QED) is 0.915. The van der Waals surface area contributed by atoms with E-state index in [1.54, 1.807) is 6.26 Å². The van der Waals surface area contributed by atoms with Crippen LogP contribution >= 0.6 is 0 Å². The highest BCUT2D eigenvalue weighted by Gasteiger charge is 2.32. The third-order valence-corrected chi connectivity index (χ3v) is 4.62. The van der Waals surface area contributed by atoms with Gasteiger partial charge in [-0.05, 0) is 45.0 Å². The lowest BCUT2D eigenvalue weighted by atomic mass is 10.0. The zero-order chi connectivity index (χ0) is 17.3. The molecule has 1 aliphatic heterocycles. The van der Waals surface area contributed by atoms with E-state index >= 15 is 0 Å². The van der Waals surface area contributed by atoms with Gasteiger partial charge in [0.05, 0.1) is 24.8 Å². The summed E-state index contributed by atoms with van der Waals surface area (Å²) in [6, 6.07) is 4.18. The SMILES string of the molecule is CCO[C@H]1CN(C)C[C@@H]1NC(=O)Cc1coc2cc(C)cc(C)c12. The Labute approximate surface area is 143 Å². The molecule has 1 aromatic heterocycles. The van der Waals surface area contributed by atoms with Crippen molar-refractivity contribution < 1.29 is 13.9 Å². The fourth-order valence-electron chi connectivity index (χ4n) is 3.67. The summed E-state index contributed by atoms with van der Waals surface area (Å²) < 4.78 is 11.4. The Morgan fingerprint density at radius 1 is 1.38 bits per heavy atom. The van der Waals surface area contributed by atoms with E-state index in [-0.39, 0.29) is 18.1 Å². The van der Waals surface area contributed by atoms with Gasteiger partial charge in [-0.1, -0.05) is 6.07 Å². The second kappa shape index (κ2) is 6.95. The maximum absolute atomic E-state index is 12.5. The first-order chi connectivity index (χ1) is 11.5.